The molecule has 0 saturated heterocycles. The molecule has 0 spiro atoms. The fourth-order valence-corrected chi connectivity index (χ4v) is 0.973. The molecule has 4 N–H and O–H groups in total. The number of phenols is 1. The molecule has 0 unspecified atom stereocenters. The van der Waals surface area contributed by atoms with Crippen molar-refractivity contribution in [1.29, 1.82) is 0 Å². The van der Waals surface area contributed by atoms with E-state index in [1.54, 1.807) is 12.1 Å². The van der Waals surface area contributed by atoms with E-state index in [-0.39, 0.29) is 12.2 Å². The first-order chi connectivity index (χ1) is 6.09. The lowest BCUT2D eigenvalue weighted by atomic mass is 10.1. The van der Waals surface area contributed by atoms with E-state index in [0.29, 0.717) is 0 Å². The van der Waals surface area contributed by atoms with Crippen LogP contribution in [0, 0.1) is 0 Å². The van der Waals surface area contributed by atoms with Crippen molar-refractivity contribution in [3.05, 3.63) is 29.8 Å². The summed E-state index contributed by atoms with van der Waals surface area (Å²) in [6.07, 6.45) is 0.273. The van der Waals surface area contributed by atoms with Crippen LogP contribution in [0.15, 0.2) is 24.3 Å². The molecule has 0 amide bonds. The van der Waals surface area contributed by atoms with Crippen LogP contribution in [0.5, 0.6) is 5.75 Å². The molecule has 0 aliphatic heterocycles. The summed E-state index contributed by atoms with van der Waals surface area (Å²) in [4.78, 5) is 10.4. The molecule has 1 atom stereocenters. The van der Waals surface area contributed by atoms with Crippen LogP contribution in [0.25, 0.3) is 0 Å². The molecule has 4 heteroatoms. The van der Waals surface area contributed by atoms with Crippen LogP contribution in [-0.4, -0.2) is 22.2 Å². The number of hydrogen-bond acceptors (Lipinski definition) is 3. The van der Waals surface area contributed by atoms with E-state index in [2.05, 4.69) is 0 Å². The van der Waals surface area contributed by atoms with Crippen molar-refractivity contribution in [1.82, 2.24) is 0 Å². The summed E-state index contributed by atoms with van der Waals surface area (Å²) in [7, 11) is 0. The zero-order valence-electron chi connectivity index (χ0n) is 6.97. The van der Waals surface area contributed by atoms with Gasteiger partial charge >= 0.3 is 5.97 Å². The van der Waals surface area contributed by atoms with Crippen molar-refractivity contribution in [3.63, 3.8) is 0 Å². The molecule has 4 nitrogen and oxygen atoms in total. The number of carboxylic acids is 1. The van der Waals surface area contributed by atoms with Gasteiger partial charge in [-0.1, -0.05) is 12.1 Å². The van der Waals surface area contributed by atoms with Gasteiger partial charge in [0.2, 0.25) is 0 Å². The Morgan fingerprint density at radius 1 is 1.38 bits per heavy atom. The monoisotopic (exact) mass is 182 g/mol. The summed E-state index contributed by atoms with van der Waals surface area (Å²) in [6, 6.07) is 5.42. The minimum absolute atomic E-state index is 0.160. The summed E-state index contributed by atoms with van der Waals surface area (Å²) in [5.41, 5.74) is 6.12. The number of hydrogen-bond donors (Lipinski definition) is 3. The molecule has 1 rings (SSSR count). The van der Waals surface area contributed by atoms with Gasteiger partial charge in [-0.05, 0) is 24.1 Å². The van der Waals surface area contributed by atoms with Crippen LogP contribution >= 0.6 is 0 Å². The Kier molecular flexibility index (Phi) is 2.87. The Balaban J connectivity index is 2.64. The number of aromatic hydroxyl groups is 1. The molecule has 0 fully saturated rings. The second kappa shape index (κ2) is 3.91. The van der Waals surface area contributed by atoms with Crippen molar-refractivity contribution >= 4 is 5.97 Å². The lowest BCUT2D eigenvalue weighted by Gasteiger charge is -2.05. The third kappa shape index (κ3) is 2.76. The lowest BCUT2D eigenvalue weighted by Crippen LogP contribution is -2.32. The van der Waals surface area contributed by atoms with Crippen LogP contribution in [0.1, 0.15) is 5.56 Å². The number of phenolic OH excluding ortho intramolecular Hbond substituents is 1. The number of benzene rings is 1. The van der Waals surface area contributed by atoms with Gasteiger partial charge in [0.1, 0.15) is 11.8 Å². The Bertz CT molecular complexity index is 294. The van der Waals surface area contributed by atoms with Gasteiger partial charge in [0.25, 0.3) is 0 Å². The van der Waals surface area contributed by atoms with Crippen molar-refractivity contribution in [2.75, 3.05) is 0 Å². The van der Waals surface area contributed by atoms with E-state index in [0.717, 1.165) is 5.56 Å². The SMILES string of the molecule is [15NH2][C@H](Cc1ccc(O)cc1)C(=O)O. The largest absolute Gasteiger partial charge is 0.508 e. The van der Waals surface area contributed by atoms with E-state index >= 15 is 0 Å². The molecule has 0 aliphatic carbocycles. The van der Waals surface area contributed by atoms with Gasteiger partial charge in [-0.3, -0.25) is 4.79 Å². The highest BCUT2D eigenvalue weighted by molar-refractivity contribution is 5.73. The highest BCUT2D eigenvalue weighted by Crippen LogP contribution is 2.10. The summed E-state index contributed by atoms with van der Waals surface area (Å²) in [5.74, 6) is -0.860. The van der Waals surface area contributed by atoms with Crippen LogP contribution < -0.4 is 5.73 Å². The van der Waals surface area contributed by atoms with E-state index < -0.39 is 12.0 Å². The highest BCUT2D eigenvalue weighted by atomic mass is 16.4. The summed E-state index contributed by atoms with van der Waals surface area (Å²) < 4.78 is 0. The Hall–Kier alpha value is -1.55. The minimum Gasteiger partial charge on any atom is -0.508 e. The Morgan fingerprint density at radius 3 is 2.38 bits per heavy atom. The predicted molar refractivity (Wildman–Crippen MR) is 47.4 cm³/mol. The molecule has 0 heterocycles. The zero-order chi connectivity index (χ0) is 9.84. The molecule has 13 heavy (non-hydrogen) atoms. The second-order valence-electron chi connectivity index (χ2n) is 2.82. The van der Waals surface area contributed by atoms with E-state index in [1.165, 1.54) is 12.1 Å². The third-order valence-corrected chi connectivity index (χ3v) is 1.71. The molecule has 0 bridgehead atoms. The highest BCUT2D eigenvalue weighted by Gasteiger charge is 2.11. The number of nitrogens with two attached hydrogens (primary N) is 1. The quantitative estimate of drug-likeness (QED) is 0.589. The summed E-state index contributed by atoms with van der Waals surface area (Å²) in [5, 5.41) is 17.5. The van der Waals surface area contributed by atoms with Gasteiger partial charge < -0.3 is 15.9 Å². The third-order valence-electron chi connectivity index (χ3n) is 1.71. The molecular formula is C9H11NO3. The molecule has 0 aromatic heterocycles. The number of rotatable bonds is 3. The Morgan fingerprint density at radius 2 is 1.92 bits per heavy atom. The van der Waals surface area contributed by atoms with Crippen LogP contribution in [0.3, 0.4) is 0 Å². The van der Waals surface area contributed by atoms with Gasteiger partial charge in [0.15, 0.2) is 0 Å². The first-order valence-corrected chi connectivity index (χ1v) is 3.86. The number of carbonyl (C=O) groups is 1. The van der Waals surface area contributed by atoms with Gasteiger partial charge in [0, 0.05) is 0 Å². The van der Waals surface area contributed by atoms with E-state index in [1.807, 2.05) is 0 Å². The van der Waals surface area contributed by atoms with Gasteiger partial charge in [0.05, 0.1) is 0 Å². The normalized spacial score (nSPS) is 12.4. The van der Waals surface area contributed by atoms with Gasteiger partial charge in [-0.25, -0.2) is 0 Å². The standard InChI is InChI=1S/C9H11NO3/c10-8(9(12)13)5-6-1-3-7(11)4-2-6/h1-4,8,11H,5,10H2,(H,12,13)/t8-/m1/s1/i10+1. The molecule has 0 aliphatic rings. The summed E-state index contributed by atoms with van der Waals surface area (Å²) in [6.45, 7) is 0. The molecule has 1 aromatic rings. The average molecular weight is 182 g/mol. The maximum absolute atomic E-state index is 10.4. The maximum atomic E-state index is 10.4. The fraction of sp³-hybridized carbons (Fsp3) is 0.222. The van der Waals surface area contributed by atoms with E-state index in [9.17, 15) is 4.79 Å². The first-order valence-electron chi connectivity index (χ1n) is 3.86. The zero-order valence-corrected chi connectivity index (χ0v) is 6.97. The number of carboxylic acid groups (broad SMARTS) is 1. The molecule has 70 valence electrons. The van der Waals surface area contributed by atoms with Crippen molar-refractivity contribution < 1.29 is 15.0 Å². The van der Waals surface area contributed by atoms with Crippen molar-refractivity contribution in [2.45, 2.75) is 12.5 Å². The maximum Gasteiger partial charge on any atom is 0.320 e. The second-order valence-corrected chi connectivity index (χ2v) is 2.82. The van der Waals surface area contributed by atoms with Crippen LogP contribution in [0.4, 0.5) is 0 Å². The smallest absolute Gasteiger partial charge is 0.320 e. The molecule has 1 aromatic carbocycles. The molecule has 0 saturated carbocycles. The minimum atomic E-state index is -1.02. The number of aliphatic carboxylic acids is 1. The summed E-state index contributed by atoms with van der Waals surface area (Å²) >= 11 is 0. The van der Waals surface area contributed by atoms with Crippen LogP contribution in [-0.2, 0) is 11.2 Å². The molecular weight excluding hydrogens is 171 g/mol. The van der Waals surface area contributed by atoms with Gasteiger partial charge in [-0.2, -0.15) is 0 Å². The van der Waals surface area contributed by atoms with E-state index in [4.69, 9.17) is 15.9 Å². The first kappa shape index (κ1) is 9.54. The molecule has 0 radical (unpaired) electrons. The fourth-order valence-electron chi connectivity index (χ4n) is 0.973. The van der Waals surface area contributed by atoms with Gasteiger partial charge in [-0.15, -0.1) is 0 Å². The average Bonchev–Trinajstić information content (AvgIpc) is 2.08. The predicted octanol–water partition coefficient (Wildman–Crippen LogP) is 0.347. The van der Waals surface area contributed by atoms with Crippen molar-refractivity contribution in [2.24, 2.45) is 5.73 Å². The Labute approximate surface area is 75.6 Å². The topological polar surface area (TPSA) is 83.5 Å². The van der Waals surface area contributed by atoms with Crippen LogP contribution in [0.2, 0.25) is 0 Å². The van der Waals surface area contributed by atoms with Crippen molar-refractivity contribution in [3.8, 4) is 5.75 Å². The lowest BCUT2D eigenvalue weighted by molar-refractivity contribution is -0.138.